The lowest BCUT2D eigenvalue weighted by Crippen LogP contribution is -2.29. The minimum absolute atomic E-state index is 0.0703. The predicted molar refractivity (Wildman–Crippen MR) is 96.4 cm³/mol. The molecule has 6 heteroatoms. The summed E-state index contributed by atoms with van der Waals surface area (Å²) < 4.78 is 5.77. The molecule has 1 saturated heterocycles. The summed E-state index contributed by atoms with van der Waals surface area (Å²) in [5, 5.41) is 17.8. The minimum Gasteiger partial charge on any atom is -0.416 e. The summed E-state index contributed by atoms with van der Waals surface area (Å²) in [5.74, 6) is 0.811. The van der Waals surface area contributed by atoms with Crippen LogP contribution in [0.25, 0.3) is 22.9 Å². The van der Waals surface area contributed by atoms with E-state index < -0.39 is 6.10 Å². The van der Waals surface area contributed by atoms with Crippen molar-refractivity contribution in [1.82, 2.24) is 15.1 Å². The normalized spacial score (nSPS) is 16.8. The summed E-state index contributed by atoms with van der Waals surface area (Å²) >= 11 is 0. The molecule has 26 heavy (non-hydrogen) atoms. The number of carbonyl (C=O) groups is 1. The van der Waals surface area contributed by atoms with Crippen LogP contribution < -0.4 is 0 Å². The van der Waals surface area contributed by atoms with Crippen LogP contribution in [0.4, 0.5) is 0 Å². The average Bonchev–Trinajstić information content (AvgIpc) is 3.31. The Morgan fingerprint density at radius 2 is 1.85 bits per heavy atom. The highest BCUT2D eigenvalue weighted by Gasteiger charge is 2.25. The number of aliphatic hydroxyl groups excluding tert-OH is 1. The molecule has 0 unspecified atom stereocenters. The maximum absolute atomic E-state index is 12.4. The number of nitrogens with zero attached hydrogens (tertiary/aromatic N) is 3. The highest BCUT2D eigenvalue weighted by atomic mass is 16.4. The molecule has 1 aromatic heterocycles. The smallest absolute Gasteiger partial charge is 0.253 e. The molecule has 4 rings (SSSR count). The van der Waals surface area contributed by atoms with Crippen molar-refractivity contribution in [3.05, 3.63) is 59.7 Å². The maximum atomic E-state index is 12.4. The Morgan fingerprint density at radius 1 is 1.12 bits per heavy atom. The van der Waals surface area contributed by atoms with Crippen LogP contribution in [0.2, 0.25) is 0 Å². The van der Waals surface area contributed by atoms with Crippen molar-refractivity contribution in [3.8, 4) is 22.9 Å². The zero-order valence-electron chi connectivity index (χ0n) is 14.4. The SMILES string of the molecule is Cc1cccc(-c2nnc(-c3ccc(C(=O)N4CC[C@@H](O)C4)cc3)o2)c1. The molecule has 1 fully saturated rings. The van der Waals surface area contributed by atoms with Gasteiger partial charge in [-0.2, -0.15) is 0 Å². The molecule has 1 aliphatic heterocycles. The van der Waals surface area contributed by atoms with Gasteiger partial charge in [0, 0.05) is 29.8 Å². The fourth-order valence-corrected chi connectivity index (χ4v) is 3.10. The van der Waals surface area contributed by atoms with Crippen LogP contribution in [-0.4, -0.2) is 45.3 Å². The zero-order chi connectivity index (χ0) is 18.1. The largest absolute Gasteiger partial charge is 0.416 e. The number of amides is 1. The van der Waals surface area contributed by atoms with Crippen molar-refractivity contribution < 1.29 is 14.3 Å². The number of hydrogen-bond acceptors (Lipinski definition) is 5. The molecule has 1 atom stereocenters. The van der Waals surface area contributed by atoms with Gasteiger partial charge in [0.2, 0.25) is 11.8 Å². The van der Waals surface area contributed by atoms with Crippen LogP contribution in [0.1, 0.15) is 22.3 Å². The predicted octanol–water partition coefficient (Wildman–Crippen LogP) is 2.92. The molecular weight excluding hydrogens is 330 g/mol. The number of benzene rings is 2. The van der Waals surface area contributed by atoms with Gasteiger partial charge in [-0.3, -0.25) is 4.79 Å². The van der Waals surface area contributed by atoms with Gasteiger partial charge < -0.3 is 14.4 Å². The number of rotatable bonds is 3. The highest BCUT2D eigenvalue weighted by molar-refractivity contribution is 5.94. The first-order chi connectivity index (χ1) is 12.6. The number of aliphatic hydroxyl groups is 1. The van der Waals surface area contributed by atoms with E-state index in [-0.39, 0.29) is 5.91 Å². The molecule has 0 bridgehead atoms. The van der Waals surface area contributed by atoms with Crippen LogP contribution in [0.3, 0.4) is 0 Å². The Labute approximate surface area is 151 Å². The Hall–Kier alpha value is -2.99. The molecule has 0 aliphatic carbocycles. The third-order valence-corrected chi connectivity index (χ3v) is 4.52. The highest BCUT2D eigenvalue weighted by Crippen LogP contribution is 2.25. The number of β-amino-alcohol motifs (C(OH)–C–C–N with tert-alkyl or cyclic N) is 1. The Balaban J connectivity index is 1.53. The second-order valence-corrected chi connectivity index (χ2v) is 6.55. The van der Waals surface area contributed by atoms with Crippen molar-refractivity contribution in [2.75, 3.05) is 13.1 Å². The molecule has 0 radical (unpaired) electrons. The van der Waals surface area contributed by atoms with E-state index in [1.54, 1.807) is 29.2 Å². The molecule has 1 amide bonds. The molecule has 0 saturated carbocycles. The van der Waals surface area contributed by atoms with E-state index in [1.807, 2.05) is 31.2 Å². The van der Waals surface area contributed by atoms with Gasteiger partial charge in [0.05, 0.1) is 6.10 Å². The summed E-state index contributed by atoms with van der Waals surface area (Å²) in [6.07, 6.45) is 0.213. The summed E-state index contributed by atoms with van der Waals surface area (Å²) in [6.45, 7) is 2.99. The van der Waals surface area contributed by atoms with Crippen LogP contribution in [0, 0.1) is 6.92 Å². The molecule has 1 N–H and O–H groups in total. The Kier molecular flexibility index (Phi) is 4.26. The number of likely N-dealkylation sites (tertiary alicyclic amines) is 1. The van der Waals surface area contributed by atoms with Crippen molar-refractivity contribution in [2.45, 2.75) is 19.4 Å². The van der Waals surface area contributed by atoms with Gasteiger partial charge in [-0.1, -0.05) is 17.7 Å². The van der Waals surface area contributed by atoms with Crippen LogP contribution in [-0.2, 0) is 0 Å². The van der Waals surface area contributed by atoms with E-state index in [0.29, 0.717) is 36.9 Å². The lowest BCUT2D eigenvalue weighted by Gasteiger charge is -2.15. The summed E-state index contributed by atoms with van der Waals surface area (Å²) in [6, 6.07) is 15.0. The van der Waals surface area contributed by atoms with Gasteiger partial charge in [0.15, 0.2) is 0 Å². The van der Waals surface area contributed by atoms with E-state index >= 15 is 0 Å². The molecule has 2 aromatic carbocycles. The number of carbonyl (C=O) groups excluding carboxylic acids is 1. The first-order valence-corrected chi connectivity index (χ1v) is 8.58. The van der Waals surface area contributed by atoms with Gasteiger partial charge in [-0.05, 0) is 49.7 Å². The molecule has 1 aliphatic rings. The molecule has 0 spiro atoms. The van der Waals surface area contributed by atoms with E-state index in [4.69, 9.17) is 4.42 Å². The first-order valence-electron chi connectivity index (χ1n) is 8.58. The number of aromatic nitrogens is 2. The van der Waals surface area contributed by atoms with Crippen LogP contribution in [0.15, 0.2) is 52.9 Å². The van der Waals surface area contributed by atoms with Crippen LogP contribution in [0.5, 0.6) is 0 Å². The monoisotopic (exact) mass is 349 g/mol. The van der Waals surface area contributed by atoms with Gasteiger partial charge in [0.25, 0.3) is 5.91 Å². The number of aryl methyl sites for hydroxylation is 1. The van der Waals surface area contributed by atoms with E-state index in [2.05, 4.69) is 10.2 Å². The number of hydrogen-bond donors (Lipinski definition) is 1. The van der Waals surface area contributed by atoms with Gasteiger partial charge in [0.1, 0.15) is 0 Å². The van der Waals surface area contributed by atoms with E-state index in [1.165, 1.54) is 0 Å². The molecule has 6 nitrogen and oxygen atoms in total. The van der Waals surface area contributed by atoms with Gasteiger partial charge in [-0.25, -0.2) is 0 Å². The molecule has 132 valence electrons. The van der Waals surface area contributed by atoms with Crippen molar-refractivity contribution in [2.24, 2.45) is 0 Å². The summed E-state index contributed by atoms with van der Waals surface area (Å²) in [7, 11) is 0. The quantitative estimate of drug-likeness (QED) is 0.786. The van der Waals surface area contributed by atoms with Gasteiger partial charge in [-0.15, -0.1) is 10.2 Å². The molecule has 3 aromatic rings. The summed E-state index contributed by atoms with van der Waals surface area (Å²) in [5.41, 5.74) is 3.34. The summed E-state index contributed by atoms with van der Waals surface area (Å²) in [4.78, 5) is 14.1. The lowest BCUT2D eigenvalue weighted by atomic mass is 10.1. The molecular formula is C20H19N3O3. The maximum Gasteiger partial charge on any atom is 0.253 e. The Morgan fingerprint density at radius 3 is 2.50 bits per heavy atom. The standard InChI is InChI=1S/C20H19N3O3/c1-13-3-2-4-16(11-13)19-22-21-18(26-19)14-5-7-15(8-6-14)20(25)23-10-9-17(24)12-23/h2-8,11,17,24H,9-10,12H2,1H3/t17-/m1/s1. The molecule has 2 heterocycles. The topological polar surface area (TPSA) is 79.5 Å². The third-order valence-electron chi connectivity index (χ3n) is 4.52. The van der Waals surface area contributed by atoms with Crippen LogP contribution >= 0.6 is 0 Å². The second-order valence-electron chi connectivity index (χ2n) is 6.55. The van der Waals surface area contributed by atoms with Crippen molar-refractivity contribution in [3.63, 3.8) is 0 Å². The Bertz CT molecular complexity index is 933. The lowest BCUT2D eigenvalue weighted by molar-refractivity contribution is 0.0765. The van der Waals surface area contributed by atoms with E-state index in [9.17, 15) is 9.90 Å². The van der Waals surface area contributed by atoms with Crippen molar-refractivity contribution in [1.29, 1.82) is 0 Å². The fourth-order valence-electron chi connectivity index (χ4n) is 3.10. The average molecular weight is 349 g/mol. The minimum atomic E-state index is -0.420. The first kappa shape index (κ1) is 16.5. The van der Waals surface area contributed by atoms with Gasteiger partial charge >= 0.3 is 0 Å². The fraction of sp³-hybridized carbons (Fsp3) is 0.250. The van der Waals surface area contributed by atoms with Crippen molar-refractivity contribution >= 4 is 5.91 Å². The van der Waals surface area contributed by atoms with E-state index in [0.717, 1.165) is 16.7 Å². The second kappa shape index (κ2) is 6.72. The zero-order valence-corrected chi connectivity index (χ0v) is 14.4. The third kappa shape index (κ3) is 3.23.